The van der Waals surface area contributed by atoms with Crippen LogP contribution < -0.4 is 5.32 Å². The number of rotatable bonds is 7. The highest BCUT2D eigenvalue weighted by Crippen LogP contribution is 2.44. The van der Waals surface area contributed by atoms with Crippen molar-refractivity contribution in [3.63, 3.8) is 0 Å². The summed E-state index contributed by atoms with van der Waals surface area (Å²) < 4.78 is 18.3. The molecule has 3 aromatic rings. The Hall–Kier alpha value is -3.39. The van der Waals surface area contributed by atoms with E-state index in [0.717, 1.165) is 16.6 Å². The van der Waals surface area contributed by atoms with Crippen molar-refractivity contribution < 1.29 is 23.9 Å². The second kappa shape index (κ2) is 10.4. The molecule has 0 unspecified atom stereocenters. The third-order valence-corrected chi connectivity index (χ3v) is 7.82. The fourth-order valence-corrected chi connectivity index (χ4v) is 5.02. The van der Waals surface area contributed by atoms with Crippen LogP contribution in [0.25, 0.3) is 17.2 Å². The fourth-order valence-electron chi connectivity index (χ4n) is 5.02. The number of alkyl carbamates (subject to hydrolysis) is 1. The van der Waals surface area contributed by atoms with E-state index in [1.807, 2.05) is 82.3 Å². The molecule has 1 fully saturated rings. The van der Waals surface area contributed by atoms with Crippen LogP contribution in [0.4, 0.5) is 4.79 Å². The standard InChI is InChI=1S/C31H34BNO5/c1-30(2)31(3,4)38-32(37-30)23(17-21-10-9-11-22(16-21)19-34)18-33-29(35)36-20-28-26-14-7-5-12-24(26)25-13-6-8-15-27(25)28/h5-17,28,34H,18-20H2,1-4H3,(H,33,35). The number of ether oxygens (including phenoxy) is 1. The molecule has 0 saturated carbocycles. The number of benzene rings is 3. The number of carbonyl (C=O) groups is 1. The highest BCUT2D eigenvalue weighted by atomic mass is 16.7. The van der Waals surface area contributed by atoms with Crippen LogP contribution in [0.2, 0.25) is 0 Å². The van der Waals surface area contributed by atoms with Gasteiger partial charge >= 0.3 is 13.2 Å². The van der Waals surface area contributed by atoms with Crippen LogP contribution in [0.3, 0.4) is 0 Å². The summed E-state index contributed by atoms with van der Waals surface area (Å²) in [7, 11) is -0.633. The summed E-state index contributed by atoms with van der Waals surface area (Å²) in [6.45, 7) is 8.37. The van der Waals surface area contributed by atoms with Crippen molar-refractivity contribution in [2.24, 2.45) is 0 Å². The second-order valence-corrected chi connectivity index (χ2v) is 10.9. The molecule has 0 atom stereocenters. The first-order valence-electron chi connectivity index (χ1n) is 13.0. The number of aliphatic hydroxyl groups is 1. The molecule has 1 heterocycles. The van der Waals surface area contributed by atoms with Crippen molar-refractivity contribution in [2.75, 3.05) is 13.2 Å². The number of carbonyl (C=O) groups excluding carboxylic acids is 1. The predicted molar refractivity (Wildman–Crippen MR) is 149 cm³/mol. The van der Waals surface area contributed by atoms with Crippen molar-refractivity contribution in [1.82, 2.24) is 5.32 Å². The van der Waals surface area contributed by atoms with Crippen molar-refractivity contribution in [3.8, 4) is 11.1 Å². The van der Waals surface area contributed by atoms with Gasteiger partial charge in [-0.1, -0.05) is 72.8 Å². The zero-order valence-corrected chi connectivity index (χ0v) is 22.4. The van der Waals surface area contributed by atoms with Crippen LogP contribution in [-0.4, -0.2) is 42.7 Å². The first kappa shape index (κ1) is 26.2. The Morgan fingerprint density at radius 3 is 2.16 bits per heavy atom. The fraction of sp³-hybridized carbons (Fsp3) is 0.323. The molecule has 0 spiro atoms. The Balaban J connectivity index is 1.30. The lowest BCUT2D eigenvalue weighted by Gasteiger charge is -2.32. The second-order valence-electron chi connectivity index (χ2n) is 10.9. The normalized spacial score (nSPS) is 17.7. The Morgan fingerprint density at radius 1 is 0.947 bits per heavy atom. The van der Waals surface area contributed by atoms with Gasteiger partial charge in [-0.3, -0.25) is 0 Å². The molecule has 1 amide bonds. The van der Waals surface area contributed by atoms with Crippen molar-refractivity contribution in [2.45, 2.75) is 51.4 Å². The van der Waals surface area contributed by atoms with Crippen molar-refractivity contribution in [3.05, 3.63) is 101 Å². The van der Waals surface area contributed by atoms with E-state index in [-0.39, 0.29) is 25.7 Å². The summed E-state index contributed by atoms with van der Waals surface area (Å²) in [5.74, 6) is -0.00696. The molecule has 1 aliphatic heterocycles. The third-order valence-electron chi connectivity index (χ3n) is 7.82. The van der Waals surface area contributed by atoms with Gasteiger partial charge in [-0.15, -0.1) is 0 Å². The number of amides is 1. The van der Waals surface area contributed by atoms with Gasteiger partial charge in [0.05, 0.1) is 17.8 Å². The lowest BCUT2D eigenvalue weighted by molar-refractivity contribution is 0.00578. The van der Waals surface area contributed by atoms with Gasteiger partial charge in [0.25, 0.3) is 0 Å². The molecule has 2 N–H and O–H groups in total. The molecule has 0 aromatic heterocycles. The van der Waals surface area contributed by atoms with Gasteiger partial charge in [0.15, 0.2) is 0 Å². The van der Waals surface area contributed by atoms with E-state index in [1.165, 1.54) is 22.3 Å². The molecule has 1 aliphatic carbocycles. The van der Waals surface area contributed by atoms with E-state index >= 15 is 0 Å². The molecular weight excluding hydrogens is 477 g/mol. The van der Waals surface area contributed by atoms with Gasteiger partial charge < -0.3 is 24.5 Å². The molecule has 0 bridgehead atoms. The molecule has 7 heteroatoms. The van der Waals surface area contributed by atoms with E-state index in [2.05, 4.69) is 29.6 Å². The lowest BCUT2D eigenvalue weighted by atomic mass is 9.77. The maximum Gasteiger partial charge on any atom is 0.492 e. The molecule has 2 aliphatic rings. The molecule has 6 nitrogen and oxygen atoms in total. The maximum atomic E-state index is 12.9. The number of fused-ring (bicyclic) bond motifs is 3. The molecule has 196 valence electrons. The van der Waals surface area contributed by atoms with E-state index in [9.17, 15) is 9.90 Å². The summed E-state index contributed by atoms with van der Waals surface area (Å²) in [5.41, 5.74) is 6.12. The first-order chi connectivity index (χ1) is 18.2. The van der Waals surface area contributed by atoms with Crippen molar-refractivity contribution >= 4 is 19.3 Å². The Labute approximate surface area is 224 Å². The van der Waals surface area contributed by atoms with Crippen LogP contribution in [-0.2, 0) is 20.7 Å². The van der Waals surface area contributed by atoms with Crippen LogP contribution in [0, 0.1) is 0 Å². The van der Waals surface area contributed by atoms with E-state index < -0.39 is 24.4 Å². The largest absolute Gasteiger partial charge is 0.492 e. The van der Waals surface area contributed by atoms with Crippen LogP contribution in [0.5, 0.6) is 0 Å². The SMILES string of the molecule is CC1(C)OB(C(=Cc2cccc(CO)c2)CNC(=O)OCC2c3ccccc3-c3ccccc32)OC1(C)C. The molecular formula is C31H34BNO5. The molecule has 0 radical (unpaired) electrons. The topological polar surface area (TPSA) is 77.0 Å². The minimum atomic E-state index is -0.633. The summed E-state index contributed by atoms with van der Waals surface area (Å²) in [6.07, 6.45) is 1.43. The molecule has 38 heavy (non-hydrogen) atoms. The molecule has 5 rings (SSSR count). The van der Waals surface area contributed by atoms with Gasteiger partial charge in [0.1, 0.15) is 6.61 Å². The summed E-state index contributed by atoms with van der Waals surface area (Å²) in [5, 5.41) is 12.4. The van der Waals surface area contributed by atoms with Crippen LogP contribution >= 0.6 is 0 Å². The number of hydrogen-bond donors (Lipinski definition) is 2. The molecule has 3 aromatic carbocycles. The monoisotopic (exact) mass is 511 g/mol. The van der Waals surface area contributed by atoms with Crippen LogP contribution in [0.15, 0.2) is 78.3 Å². The quantitative estimate of drug-likeness (QED) is 0.396. The van der Waals surface area contributed by atoms with Crippen molar-refractivity contribution in [1.29, 1.82) is 0 Å². The maximum absolute atomic E-state index is 12.9. The van der Waals surface area contributed by atoms with Crippen LogP contribution in [0.1, 0.15) is 55.9 Å². The summed E-state index contributed by atoms with van der Waals surface area (Å²) >= 11 is 0. The van der Waals surface area contributed by atoms with E-state index in [4.69, 9.17) is 14.0 Å². The average molecular weight is 511 g/mol. The van der Waals surface area contributed by atoms with Gasteiger partial charge in [-0.2, -0.15) is 0 Å². The number of aliphatic hydroxyl groups excluding tert-OH is 1. The number of nitrogens with one attached hydrogen (secondary N) is 1. The zero-order valence-electron chi connectivity index (χ0n) is 22.4. The smallest absolute Gasteiger partial charge is 0.449 e. The Morgan fingerprint density at radius 2 is 1.55 bits per heavy atom. The molecule has 1 saturated heterocycles. The highest BCUT2D eigenvalue weighted by molar-refractivity contribution is 6.56. The van der Waals surface area contributed by atoms with Gasteiger partial charge in [0, 0.05) is 12.5 Å². The summed E-state index contributed by atoms with van der Waals surface area (Å²) in [4.78, 5) is 12.9. The average Bonchev–Trinajstić information content (AvgIpc) is 3.34. The number of hydrogen-bond acceptors (Lipinski definition) is 5. The first-order valence-corrected chi connectivity index (χ1v) is 13.0. The zero-order chi connectivity index (χ0) is 26.9. The van der Waals surface area contributed by atoms with Gasteiger partial charge in [-0.25, -0.2) is 4.79 Å². The lowest BCUT2D eigenvalue weighted by Crippen LogP contribution is -2.41. The minimum Gasteiger partial charge on any atom is -0.449 e. The predicted octanol–water partition coefficient (Wildman–Crippen LogP) is 5.73. The highest BCUT2D eigenvalue weighted by Gasteiger charge is 2.52. The van der Waals surface area contributed by atoms with E-state index in [1.54, 1.807) is 0 Å². The Bertz CT molecular complexity index is 1300. The minimum absolute atomic E-state index is 0.00696. The van der Waals surface area contributed by atoms with Gasteiger partial charge in [-0.05, 0) is 72.6 Å². The summed E-state index contributed by atoms with van der Waals surface area (Å²) in [6, 6.07) is 24.1. The van der Waals surface area contributed by atoms with E-state index in [0.29, 0.717) is 0 Å². The van der Waals surface area contributed by atoms with Gasteiger partial charge in [0.2, 0.25) is 0 Å². The Kier molecular flexibility index (Phi) is 7.18. The third kappa shape index (κ3) is 5.14.